The van der Waals surface area contributed by atoms with Crippen LogP contribution in [0.15, 0.2) is 35.3 Å². The molecule has 0 spiro atoms. The number of hydrogen-bond acceptors (Lipinski definition) is 4. The minimum atomic E-state index is -2.99. The first-order valence-corrected chi connectivity index (χ1v) is 10.1. The first kappa shape index (κ1) is 22.7. The van der Waals surface area contributed by atoms with Gasteiger partial charge in [-0.3, -0.25) is 4.79 Å². The van der Waals surface area contributed by atoms with Crippen molar-refractivity contribution in [2.45, 2.75) is 25.4 Å². The molecule has 0 aliphatic carbocycles. The van der Waals surface area contributed by atoms with E-state index in [1.807, 2.05) is 37.3 Å². The molecule has 1 amide bonds. The molecule has 0 aromatic heterocycles. The SMILES string of the molecule is CC(NC(=NCC(=O)N(C)C)NC1CCS(=O)(=O)C1)c1ccccc1.I. The molecule has 1 aliphatic heterocycles. The molecule has 1 aromatic rings. The van der Waals surface area contributed by atoms with Crippen LogP contribution >= 0.6 is 24.0 Å². The van der Waals surface area contributed by atoms with Crippen LogP contribution in [0.1, 0.15) is 24.9 Å². The molecule has 0 saturated carbocycles. The van der Waals surface area contributed by atoms with E-state index >= 15 is 0 Å². The van der Waals surface area contributed by atoms with E-state index in [0.717, 1.165) is 5.56 Å². The van der Waals surface area contributed by atoms with Gasteiger partial charge in [0.25, 0.3) is 0 Å². The Morgan fingerprint density at radius 1 is 1.31 bits per heavy atom. The van der Waals surface area contributed by atoms with Crippen molar-refractivity contribution in [3.05, 3.63) is 35.9 Å². The van der Waals surface area contributed by atoms with Gasteiger partial charge in [-0.05, 0) is 18.9 Å². The third-order valence-electron chi connectivity index (χ3n) is 4.10. The topological polar surface area (TPSA) is 90.9 Å². The summed E-state index contributed by atoms with van der Waals surface area (Å²) in [6.45, 7) is 2.00. The van der Waals surface area contributed by atoms with Crippen molar-refractivity contribution in [2.24, 2.45) is 4.99 Å². The Morgan fingerprint density at radius 2 is 1.96 bits per heavy atom. The van der Waals surface area contributed by atoms with E-state index in [4.69, 9.17) is 0 Å². The lowest BCUT2D eigenvalue weighted by atomic mass is 10.1. The number of guanidine groups is 1. The van der Waals surface area contributed by atoms with Gasteiger partial charge in [0, 0.05) is 20.1 Å². The Labute approximate surface area is 172 Å². The molecular weight excluding hydrogens is 467 g/mol. The van der Waals surface area contributed by atoms with Crippen molar-refractivity contribution < 1.29 is 13.2 Å². The molecule has 2 N–H and O–H groups in total. The second-order valence-electron chi connectivity index (χ2n) is 6.47. The summed E-state index contributed by atoms with van der Waals surface area (Å²) >= 11 is 0. The Hall–Kier alpha value is -1.36. The maximum Gasteiger partial charge on any atom is 0.243 e. The summed E-state index contributed by atoms with van der Waals surface area (Å²) in [6.07, 6.45) is 0.546. The average molecular weight is 494 g/mol. The van der Waals surface area contributed by atoms with E-state index < -0.39 is 9.84 Å². The molecule has 7 nitrogen and oxygen atoms in total. The standard InChI is InChI=1S/C17H26N4O3S.HI/c1-13(14-7-5-4-6-8-14)19-17(18-11-16(22)21(2)3)20-15-9-10-25(23,24)12-15;/h4-8,13,15H,9-12H2,1-3H3,(H2,18,19,20);1H. The minimum Gasteiger partial charge on any atom is -0.353 e. The molecule has 2 unspecified atom stereocenters. The van der Waals surface area contributed by atoms with Crippen molar-refractivity contribution in [1.29, 1.82) is 0 Å². The third-order valence-corrected chi connectivity index (χ3v) is 5.87. The van der Waals surface area contributed by atoms with Gasteiger partial charge >= 0.3 is 0 Å². The van der Waals surface area contributed by atoms with Gasteiger partial charge < -0.3 is 15.5 Å². The molecular formula is C17H27IN4O3S. The van der Waals surface area contributed by atoms with Crippen LogP contribution in [0.25, 0.3) is 0 Å². The molecule has 1 aromatic carbocycles. The fourth-order valence-corrected chi connectivity index (χ4v) is 4.23. The molecule has 26 heavy (non-hydrogen) atoms. The zero-order chi connectivity index (χ0) is 18.4. The first-order valence-electron chi connectivity index (χ1n) is 8.30. The molecule has 1 fully saturated rings. The molecule has 1 saturated heterocycles. The number of aliphatic imine (C=N–C) groups is 1. The summed E-state index contributed by atoms with van der Waals surface area (Å²) in [5, 5.41) is 6.41. The van der Waals surface area contributed by atoms with Gasteiger partial charge in [0.05, 0.1) is 17.5 Å². The molecule has 1 heterocycles. The van der Waals surface area contributed by atoms with E-state index in [9.17, 15) is 13.2 Å². The fourth-order valence-electron chi connectivity index (χ4n) is 2.55. The predicted molar refractivity (Wildman–Crippen MR) is 115 cm³/mol. The second-order valence-corrected chi connectivity index (χ2v) is 8.70. The number of amides is 1. The Morgan fingerprint density at radius 3 is 2.50 bits per heavy atom. The van der Waals surface area contributed by atoms with Crippen molar-refractivity contribution in [3.63, 3.8) is 0 Å². The monoisotopic (exact) mass is 494 g/mol. The molecule has 9 heteroatoms. The number of rotatable bonds is 5. The lowest BCUT2D eigenvalue weighted by Gasteiger charge is -2.21. The van der Waals surface area contributed by atoms with Crippen LogP contribution in [0.5, 0.6) is 0 Å². The van der Waals surface area contributed by atoms with Crippen LogP contribution in [0.2, 0.25) is 0 Å². The maximum absolute atomic E-state index is 11.8. The van der Waals surface area contributed by atoms with Crippen LogP contribution < -0.4 is 10.6 Å². The van der Waals surface area contributed by atoms with Gasteiger partial charge in [-0.1, -0.05) is 30.3 Å². The highest BCUT2D eigenvalue weighted by atomic mass is 127. The zero-order valence-corrected chi connectivity index (χ0v) is 18.5. The second kappa shape index (κ2) is 10.1. The predicted octanol–water partition coefficient (Wildman–Crippen LogP) is 1.18. The number of carbonyl (C=O) groups is 1. The van der Waals surface area contributed by atoms with Gasteiger partial charge in [-0.2, -0.15) is 0 Å². The van der Waals surface area contributed by atoms with Gasteiger partial charge in [-0.25, -0.2) is 13.4 Å². The highest BCUT2D eigenvalue weighted by Crippen LogP contribution is 2.13. The number of benzene rings is 1. The number of sulfone groups is 1. The quantitative estimate of drug-likeness (QED) is 0.365. The van der Waals surface area contributed by atoms with E-state index in [1.54, 1.807) is 14.1 Å². The normalized spacial score (nSPS) is 20.0. The molecule has 146 valence electrons. The molecule has 2 rings (SSSR count). The number of nitrogens with zero attached hydrogens (tertiary/aromatic N) is 2. The van der Waals surface area contributed by atoms with Crippen molar-refractivity contribution in [1.82, 2.24) is 15.5 Å². The summed E-state index contributed by atoms with van der Waals surface area (Å²) in [4.78, 5) is 17.6. The fraction of sp³-hybridized carbons (Fsp3) is 0.529. The van der Waals surface area contributed by atoms with Crippen LogP contribution in [0, 0.1) is 0 Å². The van der Waals surface area contributed by atoms with Crippen molar-refractivity contribution in [2.75, 3.05) is 32.1 Å². The van der Waals surface area contributed by atoms with Crippen LogP contribution in [-0.2, 0) is 14.6 Å². The summed E-state index contributed by atoms with van der Waals surface area (Å²) < 4.78 is 23.3. The molecule has 2 atom stereocenters. The van der Waals surface area contributed by atoms with Gasteiger partial charge in [0.1, 0.15) is 6.54 Å². The highest BCUT2D eigenvalue weighted by Gasteiger charge is 2.28. The Balaban J connectivity index is 0.00000338. The maximum atomic E-state index is 11.8. The van der Waals surface area contributed by atoms with E-state index in [2.05, 4.69) is 15.6 Å². The van der Waals surface area contributed by atoms with Crippen molar-refractivity contribution in [3.8, 4) is 0 Å². The van der Waals surface area contributed by atoms with Gasteiger partial charge in [-0.15, -0.1) is 24.0 Å². The van der Waals surface area contributed by atoms with Crippen molar-refractivity contribution >= 4 is 45.7 Å². The largest absolute Gasteiger partial charge is 0.353 e. The lowest BCUT2D eigenvalue weighted by Crippen LogP contribution is -2.45. The number of nitrogens with one attached hydrogen (secondary N) is 2. The summed E-state index contributed by atoms with van der Waals surface area (Å²) in [6, 6.07) is 9.64. The van der Waals surface area contributed by atoms with Gasteiger partial charge in [0.2, 0.25) is 5.91 Å². The van der Waals surface area contributed by atoms with Crippen LogP contribution in [0.4, 0.5) is 0 Å². The number of hydrogen-bond donors (Lipinski definition) is 2. The Bertz CT molecular complexity index is 723. The van der Waals surface area contributed by atoms with E-state index in [1.165, 1.54) is 4.90 Å². The zero-order valence-electron chi connectivity index (χ0n) is 15.3. The van der Waals surface area contributed by atoms with Crippen LogP contribution in [0.3, 0.4) is 0 Å². The number of carbonyl (C=O) groups excluding carboxylic acids is 1. The van der Waals surface area contributed by atoms with E-state index in [-0.39, 0.29) is 60.0 Å². The summed E-state index contributed by atoms with van der Waals surface area (Å²) in [5.74, 6) is 0.610. The average Bonchev–Trinajstić information content (AvgIpc) is 2.91. The summed E-state index contributed by atoms with van der Waals surface area (Å²) in [5.41, 5.74) is 1.08. The van der Waals surface area contributed by atoms with E-state index in [0.29, 0.717) is 12.4 Å². The Kier molecular flexibility index (Phi) is 8.81. The van der Waals surface area contributed by atoms with Gasteiger partial charge in [0.15, 0.2) is 15.8 Å². The number of likely N-dealkylation sites (N-methyl/N-ethyl adjacent to an activating group) is 1. The highest BCUT2D eigenvalue weighted by molar-refractivity contribution is 14.0. The van der Waals surface area contributed by atoms with Crippen LogP contribution in [-0.4, -0.2) is 63.4 Å². The molecule has 0 bridgehead atoms. The number of halogens is 1. The third kappa shape index (κ3) is 7.10. The molecule has 0 radical (unpaired) electrons. The summed E-state index contributed by atoms with van der Waals surface area (Å²) in [7, 11) is 0.363. The minimum absolute atomic E-state index is 0. The molecule has 1 aliphatic rings. The first-order chi connectivity index (χ1) is 11.8. The lowest BCUT2D eigenvalue weighted by molar-refractivity contribution is -0.127. The smallest absolute Gasteiger partial charge is 0.243 e.